The van der Waals surface area contributed by atoms with Crippen LogP contribution in [0.5, 0.6) is 11.5 Å². The van der Waals surface area contributed by atoms with Gasteiger partial charge in [0.1, 0.15) is 49.4 Å². The molecule has 1 fully saturated rings. The number of nitrogens with zero attached hydrogens (tertiary/aromatic N) is 6. The Hall–Kier alpha value is -4.20. The van der Waals surface area contributed by atoms with Gasteiger partial charge < -0.3 is 10.2 Å². The van der Waals surface area contributed by atoms with Crippen LogP contribution in [-0.4, -0.2) is 43.9 Å². The summed E-state index contributed by atoms with van der Waals surface area (Å²) in [4.78, 5) is 10.1. The van der Waals surface area contributed by atoms with Crippen molar-refractivity contribution in [2.45, 2.75) is 103 Å². The highest BCUT2D eigenvalue weighted by Crippen LogP contribution is 2.33. The van der Waals surface area contributed by atoms with Crippen LogP contribution in [0.1, 0.15) is 101 Å². The van der Waals surface area contributed by atoms with Crippen LogP contribution in [0.3, 0.4) is 0 Å². The van der Waals surface area contributed by atoms with E-state index in [9.17, 15) is 10.2 Å². The molecule has 1 aliphatic rings. The number of aromatic nitrogens is 4. The van der Waals surface area contributed by atoms with Crippen LogP contribution in [0.2, 0.25) is 0 Å². The van der Waals surface area contributed by atoms with E-state index in [1.165, 1.54) is 0 Å². The summed E-state index contributed by atoms with van der Waals surface area (Å²) >= 11 is 0. The summed E-state index contributed by atoms with van der Waals surface area (Å²) in [6, 6.07) is 8.37. The Kier molecular flexibility index (Phi) is 9.57. The second kappa shape index (κ2) is 13.3. The van der Waals surface area contributed by atoms with Crippen molar-refractivity contribution in [3.8, 4) is 11.5 Å². The second-order valence-corrected chi connectivity index (χ2v) is 15.1. The minimum Gasteiger partial charge on any atom is -0.507 e. The Morgan fingerprint density at radius 2 is 1.09 bits per heavy atom. The lowest BCUT2D eigenvalue weighted by molar-refractivity contribution is -0.671. The number of phenolic OH excluding ortho intramolecular Hbond substituents is 2. The molecular weight excluding hydrogens is 572 g/mol. The molecule has 0 aliphatic heterocycles. The molecule has 2 heterocycles. The van der Waals surface area contributed by atoms with E-state index >= 15 is 0 Å². The lowest BCUT2D eigenvalue weighted by Crippen LogP contribution is -2.27. The van der Waals surface area contributed by atoms with E-state index in [1.54, 1.807) is 0 Å². The Morgan fingerprint density at radius 3 is 1.41 bits per heavy atom. The summed E-state index contributed by atoms with van der Waals surface area (Å²) < 4.78 is 8.14. The molecule has 2 N–H and O–H groups in total. The highest BCUT2D eigenvalue weighted by atomic mass is 16.3. The van der Waals surface area contributed by atoms with Gasteiger partial charge in [-0.3, -0.25) is 9.98 Å². The Bertz CT molecular complexity index is 1600. The van der Waals surface area contributed by atoms with Gasteiger partial charge in [0.2, 0.25) is 12.7 Å². The third-order valence-corrected chi connectivity index (χ3v) is 9.03. The van der Waals surface area contributed by atoms with Crippen molar-refractivity contribution < 1.29 is 19.3 Å². The molecule has 0 bridgehead atoms. The predicted octanol–water partition coefficient (Wildman–Crippen LogP) is 5.89. The number of aromatic hydroxyl groups is 2. The van der Waals surface area contributed by atoms with E-state index in [-0.39, 0.29) is 34.4 Å². The van der Waals surface area contributed by atoms with E-state index in [4.69, 9.17) is 9.98 Å². The van der Waals surface area contributed by atoms with Crippen molar-refractivity contribution in [1.82, 2.24) is 9.13 Å². The minimum absolute atomic E-state index is 0.00178. The van der Waals surface area contributed by atoms with Crippen molar-refractivity contribution in [2.24, 2.45) is 24.1 Å². The fourth-order valence-electron chi connectivity index (χ4n) is 6.12. The molecule has 2 aromatic carbocycles. The zero-order valence-electron chi connectivity index (χ0n) is 28.9. The number of hydrogen-bond acceptors (Lipinski definition) is 4. The first-order valence-electron chi connectivity index (χ1n) is 16.5. The van der Waals surface area contributed by atoms with E-state index in [0.29, 0.717) is 13.1 Å². The molecule has 244 valence electrons. The molecule has 4 aromatic rings. The third kappa shape index (κ3) is 7.95. The molecule has 46 heavy (non-hydrogen) atoms. The Morgan fingerprint density at radius 1 is 0.696 bits per heavy atom. The number of imidazole rings is 2. The lowest BCUT2D eigenvalue weighted by atomic mass is 9.84. The molecule has 0 unspecified atom stereocenters. The van der Waals surface area contributed by atoms with Gasteiger partial charge in [-0.05, 0) is 59.1 Å². The smallest absolute Gasteiger partial charge is 0.243 e. The maximum absolute atomic E-state index is 11.4. The number of rotatable bonds is 8. The molecule has 8 heteroatoms. The summed E-state index contributed by atoms with van der Waals surface area (Å²) in [6.07, 6.45) is 19.8. The van der Waals surface area contributed by atoms with Crippen LogP contribution in [0.4, 0.5) is 0 Å². The van der Waals surface area contributed by atoms with E-state index in [0.717, 1.165) is 59.1 Å². The highest BCUT2D eigenvalue weighted by Gasteiger charge is 2.25. The fourth-order valence-corrected chi connectivity index (χ4v) is 6.12. The van der Waals surface area contributed by atoms with Crippen molar-refractivity contribution in [3.05, 3.63) is 95.1 Å². The van der Waals surface area contributed by atoms with Crippen LogP contribution in [0, 0.1) is 0 Å². The van der Waals surface area contributed by atoms with Crippen LogP contribution in [0.25, 0.3) is 0 Å². The first kappa shape index (κ1) is 33.2. The van der Waals surface area contributed by atoms with E-state index < -0.39 is 0 Å². The van der Waals surface area contributed by atoms with Crippen molar-refractivity contribution >= 4 is 12.4 Å². The van der Waals surface area contributed by atoms with Gasteiger partial charge in [0, 0.05) is 34.7 Å². The topological polar surface area (TPSA) is 82.8 Å². The molecule has 0 spiro atoms. The number of hydrogen-bond donors (Lipinski definition) is 2. The minimum atomic E-state index is -0.0779. The van der Waals surface area contributed by atoms with Gasteiger partial charge in [-0.15, -0.1) is 0 Å². The molecule has 1 saturated carbocycles. The molecule has 8 nitrogen and oxygen atoms in total. The Balaban J connectivity index is 1.43. The molecule has 0 radical (unpaired) electrons. The monoisotopic (exact) mass is 624 g/mol. The SMILES string of the molecule is C[n+]1ccn(Cc2cc(C(C)(C)C)cc(C=N[C@@H]3CCCC[C@H]3N=Cc3cc(C(C)(C)C)cc(Cn4cc[n+](C)c4)c3O)c2O)c1. The van der Waals surface area contributed by atoms with Gasteiger partial charge in [0.25, 0.3) is 0 Å². The van der Waals surface area contributed by atoms with Gasteiger partial charge in [-0.1, -0.05) is 54.4 Å². The standard InChI is InChI=1S/C38H50N6O2/c1-37(2,3)31-17-27(35(45)29(19-31)23-43-15-13-41(7)25-43)21-39-33-11-9-10-12-34(33)40-22-28-18-32(38(4,5)6)20-30(36(28)46)24-44-16-14-42(8)26-44/h13-22,25-26,33-34H,9-12,23-24H2,1-8H3/p+2/t33-,34-/m1/s1. The molecule has 1 aliphatic carbocycles. The summed E-state index contributed by atoms with van der Waals surface area (Å²) in [5.41, 5.74) is 5.41. The molecule has 2 atom stereocenters. The molecular formula is C38H52N6O2+2. The Labute approximate surface area is 274 Å². The van der Waals surface area contributed by atoms with Gasteiger partial charge in [-0.2, -0.15) is 0 Å². The maximum Gasteiger partial charge on any atom is 0.243 e. The van der Waals surface area contributed by atoms with Crippen LogP contribution >= 0.6 is 0 Å². The summed E-state index contributed by atoms with van der Waals surface area (Å²) in [7, 11) is 3.99. The average molecular weight is 625 g/mol. The normalized spacial score (nSPS) is 17.8. The zero-order valence-corrected chi connectivity index (χ0v) is 28.9. The quantitative estimate of drug-likeness (QED) is 0.189. The molecule has 2 aromatic heterocycles. The van der Waals surface area contributed by atoms with E-state index in [1.807, 2.05) is 73.1 Å². The summed E-state index contributed by atoms with van der Waals surface area (Å²) in [5.74, 6) is 0.549. The number of aliphatic imine (C=N–C) groups is 2. The molecule has 0 saturated heterocycles. The zero-order chi connectivity index (χ0) is 33.2. The second-order valence-electron chi connectivity index (χ2n) is 15.1. The number of aryl methyl sites for hydroxylation is 2. The highest BCUT2D eigenvalue weighted by molar-refractivity contribution is 5.86. The average Bonchev–Trinajstić information content (AvgIpc) is 3.59. The maximum atomic E-state index is 11.4. The van der Waals surface area contributed by atoms with Gasteiger partial charge in [0.05, 0.1) is 26.2 Å². The largest absolute Gasteiger partial charge is 0.507 e. The van der Waals surface area contributed by atoms with Crippen molar-refractivity contribution in [2.75, 3.05) is 0 Å². The third-order valence-electron chi connectivity index (χ3n) is 9.03. The van der Waals surface area contributed by atoms with Crippen LogP contribution in [-0.2, 0) is 38.0 Å². The first-order valence-corrected chi connectivity index (χ1v) is 16.5. The van der Waals surface area contributed by atoms with Gasteiger partial charge in [0.15, 0.2) is 0 Å². The van der Waals surface area contributed by atoms with E-state index in [2.05, 4.69) is 74.9 Å². The predicted molar refractivity (Wildman–Crippen MR) is 184 cm³/mol. The number of benzene rings is 2. The molecule has 0 amide bonds. The lowest BCUT2D eigenvalue weighted by Gasteiger charge is -2.26. The van der Waals surface area contributed by atoms with Gasteiger partial charge >= 0.3 is 0 Å². The molecule has 5 rings (SSSR count). The van der Waals surface area contributed by atoms with Crippen molar-refractivity contribution in [1.29, 1.82) is 0 Å². The summed E-state index contributed by atoms with van der Waals surface area (Å²) in [5, 5.41) is 22.8. The first-order chi connectivity index (χ1) is 21.7. The van der Waals surface area contributed by atoms with Gasteiger partial charge in [-0.25, -0.2) is 18.3 Å². The number of phenols is 2. The van der Waals surface area contributed by atoms with Crippen LogP contribution < -0.4 is 9.13 Å². The van der Waals surface area contributed by atoms with Crippen LogP contribution in [0.15, 0.2) is 71.7 Å². The fraction of sp³-hybridized carbons (Fsp3) is 0.474. The van der Waals surface area contributed by atoms with Crippen molar-refractivity contribution in [3.63, 3.8) is 0 Å². The summed E-state index contributed by atoms with van der Waals surface area (Å²) in [6.45, 7) is 14.3.